The number of halogens is 1. The summed E-state index contributed by atoms with van der Waals surface area (Å²) in [5, 5.41) is 0.830. The molecule has 0 bridgehead atoms. The number of benzene rings is 1. The van der Waals surface area contributed by atoms with Gasteiger partial charge in [0.2, 0.25) is 0 Å². The summed E-state index contributed by atoms with van der Waals surface area (Å²) in [6.07, 6.45) is 5.56. The lowest BCUT2D eigenvalue weighted by atomic mass is 9.78. The van der Waals surface area contributed by atoms with Gasteiger partial charge < -0.3 is 4.74 Å². The van der Waals surface area contributed by atoms with E-state index in [1.807, 2.05) is 24.3 Å². The molecule has 0 amide bonds. The van der Waals surface area contributed by atoms with Gasteiger partial charge in [-0.2, -0.15) is 0 Å². The standard InChI is InChI=1S/C14H15BrO2/c1-17-13(16)14(8-2-3-9-14)12-6-4-11(10-15)5-7-12/h2-7H,8-10H2,1H3. The molecule has 0 heterocycles. The van der Waals surface area contributed by atoms with Crippen LogP contribution in [0.15, 0.2) is 36.4 Å². The second kappa shape index (κ2) is 5.05. The van der Waals surface area contributed by atoms with Gasteiger partial charge in [0.1, 0.15) is 0 Å². The van der Waals surface area contributed by atoms with Crippen LogP contribution in [0.4, 0.5) is 0 Å². The van der Waals surface area contributed by atoms with E-state index in [1.165, 1.54) is 12.7 Å². The Morgan fingerprint density at radius 3 is 2.35 bits per heavy atom. The second-order valence-electron chi connectivity index (χ2n) is 4.28. The van der Waals surface area contributed by atoms with Crippen molar-refractivity contribution in [1.29, 1.82) is 0 Å². The van der Waals surface area contributed by atoms with Crippen molar-refractivity contribution in [2.24, 2.45) is 0 Å². The first-order valence-corrected chi connectivity index (χ1v) is 6.74. The molecule has 17 heavy (non-hydrogen) atoms. The Kier molecular flexibility index (Phi) is 3.67. The van der Waals surface area contributed by atoms with Crippen molar-refractivity contribution in [3.05, 3.63) is 47.5 Å². The van der Waals surface area contributed by atoms with Gasteiger partial charge >= 0.3 is 5.97 Å². The normalized spacial score (nSPS) is 17.1. The lowest BCUT2D eigenvalue weighted by molar-refractivity contribution is -0.147. The minimum Gasteiger partial charge on any atom is -0.468 e. The molecule has 0 radical (unpaired) electrons. The molecule has 3 heteroatoms. The summed E-state index contributed by atoms with van der Waals surface area (Å²) < 4.78 is 4.96. The minimum absolute atomic E-state index is 0.144. The zero-order valence-corrected chi connectivity index (χ0v) is 11.4. The van der Waals surface area contributed by atoms with E-state index in [2.05, 4.69) is 28.1 Å². The summed E-state index contributed by atoms with van der Waals surface area (Å²) in [7, 11) is 1.45. The lowest BCUT2D eigenvalue weighted by Gasteiger charge is -2.26. The van der Waals surface area contributed by atoms with Gasteiger partial charge in [0, 0.05) is 5.33 Å². The molecule has 0 saturated carbocycles. The molecule has 90 valence electrons. The Morgan fingerprint density at radius 2 is 1.88 bits per heavy atom. The van der Waals surface area contributed by atoms with Crippen molar-refractivity contribution < 1.29 is 9.53 Å². The molecule has 0 aromatic heterocycles. The maximum Gasteiger partial charge on any atom is 0.316 e. The van der Waals surface area contributed by atoms with Gasteiger partial charge in [-0.25, -0.2) is 0 Å². The molecule has 1 aliphatic carbocycles. The van der Waals surface area contributed by atoms with E-state index in [-0.39, 0.29) is 5.97 Å². The quantitative estimate of drug-likeness (QED) is 0.485. The van der Waals surface area contributed by atoms with E-state index in [4.69, 9.17) is 4.74 Å². The fourth-order valence-electron chi connectivity index (χ4n) is 2.28. The molecule has 1 aromatic carbocycles. The highest BCUT2D eigenvalue weighted by Crippen LogP contribution is 2.38. The van der Waals surface area contributed by atoms with Crippen LogP contribution in [0.1, 0.15) is 24.0 Å². The molecule has 1 aliphatic rings. The predicted molar refractivity (Wildman–Crippen MR) is 71.1 cm³/mol. The van der Waals surface area contributed by atoms with E-state index in [9.17, 15) is 4.79 Å². The van der Waals surface area contributed by atoms with Gasteiger partial charge in [0.05, 0.1) is 12.5 Å². The van der Waals surface area contributed by atoms with Gasteiger partial charge in [-0.1, -0.05) is 52.3 Å². The van der Waals surface area contributed by atoms with Crippen molar-refractivity contribution in [3.63, 3.8) is 0 Å². The number of hydrogen-bond donors (Lipinski definition) is 0. The number of rotatable bonds is 3. The molecule has 2 nitrogen and oxygen atoms in total. The van der Waals surface area contributed by atoms with E-state index >= 15 is 0 Å². The van der Waals surface area contributed by atoms with Crippen LogP contribution in [0.25, 0.3) is 0 Å². The third kappa shape index (κ3) is 2.16. The number of alkyl halides is 1. The van der Waals surface area contributed by atoms with Gasteiger partial charge in [0.25, 0.3) is 0 Å². The van der Waals surface area contributed by atoms with E-state index < -0.39 is 5.41 Å². The Hall–Kier alpha value is -1.09. The number of methoxy groups -OCH3 is 1. The Bertz CT molecular complexity index is 426. The number of allylic oxidation sites excluding steroid dienone is 2. The zero-order valence-electron chi connectivity index (χ0n) is 9.78. The van der Waals surface area contributed by atoms with Crippen LogP contribution < -0.4 is 0 Å². The van der Waals surface area contributed by atoms with Crippen LogP contribution in [0, 0.1) is 0 Å². The van der Waals surface area contributed by atoms with Crippen molar-refractivity contribution in [1.82, 2.24) is 0 Å². The predicted octanol–water partition coefficient (Wildman–Crippen LogP) is 3.34. The van der Waals surface area contributed by atoms with E-state index in [0.717, 1.165) is 23.7 Å². The monoisotopic (exact) mass is 294 g/mol. The molecule has 0 atom stereocenters. The molecule has 0 aliphatic heterocycles. The molecular weight excluding hydrogens is 280 g/mol. The number of carbonyl (C=O) groups is 1. The number of ether oxygens (including phenoxy) is 1. The van der Waals surface area contributed by atoms with Crippen molar-refractivity contribution in [2.45, 2.75) is 23.6 Å². The van der Waals surface area contributed by atoms with Crippen molar-refractivity contribution in [3.8, 4) is 0 Å². The van der Waals surface area contributed by atoms with Crippen LogP contribution in [0.5, 0.6) is 0 Å². The Balaban J connectivity index is 2.36. The summed E-state index contributed by atoms with van der Waals surface area (Å²) in [5.41, 5.74) is 1.75. The van der Waals surface area contributed by atoms with Crippen LogP contribution in [0.2, 0.25) is 0 Å². The summed E-state index contributed by atoms with van der Waals surface area (Å²) in [6.45, 7) is 0. The Labute approximate surface area is 110 Å². The highest BCUT2D eigenvalue weighted by molar-refractivity contribution is 9.08. The largest absolute Gasteiger partial charge is 0.468 e. The highest BCUT2D eigenvalue weighted by atomic mass is 79.9. The summed E-state index contributed by atoms with van der Waals surface area (Å²) in [6, 6.07) is 8.15. The van der Waals surface area contributed by atoms with Gasteiger partial charge in [-0.05, 0) is 24.0 Å². The zero-order chi connectivity index (χ0) is 12.3. The molecule has 0 unspecified atom stereocenters. The molecule has 0 fully saturated rings. The topological polar surface area (TPSA) is 26.3 Å². The molecule has 0 spiro atoms. The van der Waals surface area contributed by atoms with Crippen molar-refractivity contribution >= 4 is 21.9 Å². The van der Waals surface area contributed by atoms with Gasteiger partial charge in [-0.3, -0.25) is 4.79 Å². The molecular formula is C14H15BrO2. The summed E-state index contributed by atoms with van der Waals surface area (Å²) >= 11 is 3.42. The van der Waals surface area contributed by atoms with Crippen molar-refractivity contribution in [2.75, 3.05) is 7.11 Å². The molecule has 0 saturated heterocycles. The first-order valence-electron chi connectivity index (χ1n) is 5.62. The molecule has 0 N–H and O–H groups in total. The van der Waals surface area contributed by atoms with Gasteiger partial charge in [-0.15, -0.1) is 0 Å². The first kappa shape index (κ1) is 12.4. The summed E-state index contributed by atoms with van der Waals surface area (Å²) in [5.74, 6) is -0.144. The third-order valence-electron chi connectivity index (χ3n) is 3.34. The maximum absolute atomic E-state index is 12.0. The van der Waals surface area contributed by atoms with E-state index in [1.54, 1.807) is 0 Å². The fourth-order valence-corrected chi connectivity index (χ4v) is 2.65. The maximum atomic E-state index is 12.0. The van der Waals surface area contributed by atoms with Gasteiger partial charge in [0.15, 0.2) is 0 Å². The van der Waals surface area contributed by atoms with Crippen LogP contribution in [-0.4, -0.2) is 13.1 Å². The van der Waals surface area contributed by atoms with Crippen LogP contribution in [-0.2, 0) is 20.3 Å². The van der Waals surface area contributed by atoms with Crippen LogP contribution in [0.3, 0.4) is 0 Å². The highest BCUT2D eigenvalue weighted by Gasteiger charge is 2.41. The number of esters is 1. The number of carbonyl (C=O) groups excluding carboxylic acids is 1. The average Bonchev–Trinajstić information content (AvgIpc) is 2.88. The molecule has 2 rings (SSSR count). The molecule has 1 aromatic rings. The lowest BCUT2D eigenvalue weighted by Crippen LogP contribution is -2.34. The van der Waals surface area contributed by atoms with Crippen LogP contribution >= 0.6 is 15.9 Å². The Morgan fingerprint density at radius 1 is 1.29 bits per heavy atom. The SMILES string of the molecule is COC(=O)C1(c2ccc(CBr)cc2)CC=CC1. The first-order chi connectivity index (χ1) is 8.23. The minimum atomic E-state index is -0.500. The van der Waals surface area contributed by atoms with E-state index in [0.29, 0.717) is 0 Å². The number of hydrogen-bond acceptors (Lipinski definition) is 2. The average molecular weight is 295 g/mol. The third-order valence-corrected chi connectivity index (χ3v) is 3.98. The smallest absolute Gasteiger partial charge is 0.316 e. The second-order valence-corrected chi connectivity index (χ2v) is 4.84. The summed E-state index contributed by atoms with van der Waals surface area (Å²) in [4.78, 5) is 12.0. The fraction of sp³-hybridized carbons (Fsp3) is 0.357.